The molecule has 5 heteroatoms. The van der Waals surface area contributed by atoms with E-state index in [1.165, 1.54) is 0 Å². The average Bonchev–Trinajstić information content (AvgIpc) is 2.61. The van der Waals surface area contributed by atoms with E-state index >= 15 is 0 Å². The Balaban J connectivity index is 1.94. The monoisotopic (exact) mass is 334 g/mol. The number of para-hydroxylation sites is 1. The number of ether oxygens (including phenoxy) is 1. The van der Waals surface area contributed by atoms with Crippen LogP contribution in [0.1, 0.15) is 11.3 Å². The largest absolute Gasteiger partial charge is 0.495 e. The highest BCUT2D eigenvalue weighted by atomic mass is 16.5. The van der Waals surface area contributed by atoms with Crippen molar-refractivity contribution < 1.29 is 4.74 Å². The Labute approximate surface area is 148 Å². The van der Waals surface area contributed by atoms with Crippen LogP contribution in [0.2, 0.25) is 0 Å². The first-order valence-corrected chi connectivity index (χ1v) is 8.13. The van der Waals surface area contributed by atoms with Crippen molar-refractivity contribution in [3.8, 4) is 5.75 Å². The van der Waals surface area contributed by atoms with Crippen molar-refractivity contribution in [1.29, 1.82) is 0 Å². The summed E-state index contributed by atoms with van der Waals surface area (Å²) in [5, 5.41) is 3.35. The van der Waals surface area contributed by atoms with E-state index in [-0.39, 0.29) is 0 Å². The van der Waals surface area contributed by atoms with E-state index in [2.05, 4.69) is 15.3 Å². The number of nitrogens with one attached hydrogen (secondary N) is 1. The minimum atomic E-state index is 0.639. The number of rotatable bonds is 5. The second-order valence-corrected chi connectivity index (χ2v) is 5.92. The predicted octanol–water partition coefficient (Wildman–Crippen LogP) is 4.61. The summed E-state index contributed by atoms with van der Waals surface area (Å²) in [5.74, 6) is 2.15. The molecule has 3 aromatic rings. The lowest BCUT2D eigenvalue weighted by Gasteiger charge is -2.19. The first kappa shape index (κ1) is 16.8. The topological polar surface area (TPSA) is 50.3 Å². The summed E-state index contributed by atoms with van der Waals surface area (Å²) in [6.07, 6.45) is 0. The molecule has 25 heavy (non-hydrogen) atoms. The first-order valence-electron chi connectivity index (χ1n) is 8.13. The Hall–Kier alpha value is -3.08. The van der Waals surface area contributed by atoms with Crippen molar-refractivity contribution >= 4 is 23.1 Å². The fourth-order valence-corrected chi connectivity index (χ4v) is 2.59. The average molecular weight is 334 g/mol. The maximum absolute atomic E-state index is 5.43. The van der Waals surface area contributed by atoms with E-state index in [0.717, 1.165) is 34.2 Å². The molecule has 0 radical (unpaired) electrons. The van der Waals surface area contributed by atoms with Gasteiger partial charge < -0.3 is 15.0 Å². The normalized spacial score (nSPS) is 10.4. The summed E-state index contributed by atoms with van der Waals surface area (Å²) in [6.45, 7) is 4.01. The smallest absolute Gasteiger partial charge is 0.231 e. The Bertz CT molecular complexity index is 865. The Morgan fingerprint density at radius 1 is 0.960 bits per heavy atom. The van der Waals surface area contributed by atoms with Gasteiger partial charge in [-0.2, -0.15) is 4.98 Å². The van der Waals surface area contributed by atoms with Gasteiger partial charge >= 0.3 is 0 Å². The van der Waals surface area contributed by atoms with Crippen LogP contribution in [0.5, 0.6) is 5.75 Å². The standard InChI is InChI=1S/C20H22N4O/c1-14-10-11-18(25-4)17(12-14)22-19-13-15(2)21-20(23-19)24(3)16-8-6-5-7-9-16/h5-13H,1-4H3,(H,21,22,23). The summed E-state index contributed by atoms with van der Waals surface area (Å²) < 4.78 is 5.43. The fourth-order valence-electron chi connectivity index (χ4n) is 2.59. The van der Waals surface area contributed by atoms with Crippen molar-refractivity contribution in [2.24, 2.45) is 0 Å². The predicted molar refractivity (Wildman–Crippen MR) is 102 cm³/mol. The molecule has 0 spiro atoms. The zero-order valence-electron chi connectivity index (χ0n) is 14.9. The number of hydrogen-bond donors (Lipinski definition) is 1. The maximum Gasteiger partial charge on any atom is 0.231 e. The molecule has 0 aliphatic rings. The number of nitrogens with zero attached hydrogens (tertiary/aromatic N) is 3. The van der Waals surface area contributed by atoms with Crippen molar-refractivity contribution in [1.82, 2.24) is 9.97 Å². The number of anilines is 4. The maximum atomic E-state index is 5.43. The van der Waals surface area contributed by atoms with Crippen LogP contribution in [0.3, 0.4) is 0 Å². The number of hydrogen-bond acceptors (Lipinski definition) is 5. The third-order valence-electron chi connectivity index (χ3n) is 3.90. The van der Waals surface area contributed by atoms with Crippen molar-refractivity contribution in [2.75, 3.05) is 24.4 Å². The lowest BCUT2D eigenvalue weighted by atomic mass is 10.2. The van der Waals surface area contributed by atoms with Crippen LogP contribution in [0, 0.1) is 13.8 Å². The summed E-state index contributed by atoms with van der Waals surface area (Å²) >= 11 is 0. The zero-order chi connectivity index (χ0) is 17.8. The van der Waals surface area contributed by atoms with Gasteiger partial charge in [0.15, 0.2) is 0 Å². The van der Waals surface area contributed by atoms with Gasteiger partial charge in [0.25, 0.3) is 0 Å². The second-order valence-electron chi connectivity index (χ2n) is 5.92. The van der Waals surface area contributed by atoms with Gasteiger partial charge in [-0.3, -0.25) is 0 Å². The minimum Gasteiger partial charge on any atom is -0.495 e. The van der Waals surface area contributed by atoms with E-state index < -0.39 is 0 Å². The van der Waals surface area contributed by atoms with Gasteiger partial charge in [-0.05, 0) is 43.7 Å². The molecule has 128 valence electrons. The number of methoxy groups -OCH3 is 1. The van der Waals surface area contributed by atoms with Crippen molar-refractivity contribution in [3.63, 3.8) is 0 Å². The lowest BCUT2D eigenvalue weighted by molar-refractivity contribution is 0.416. The molecule has 0 saturated carbocycles. The van der Waals surface area contributed by atoms with Crippen LogP contribution in [-0.2, 0) is 0 Å². The fraction of sp³-hybridized carbons (Fsp3) is 0.200. The van der Waals surface area contributed by atoms with Crippen LogP contribution >= 0.6 is 0 Å². The highest BCUT2D eigenvalue weighted by Crippen LogP contribution is 2.29. The van der Waals surface area contributed by atoms with Gasteiger partial charge in [0.2, 0.25) is 5.95 Å². The Kier molecular flexibility index (Phi) is 4.84. The molecule has 0 unspecified atom stereocenters. The van der Waals surface area contributed by atoms with Gasteiger partial charge in [0.05, 0.1) is 12.8 Å². The lowest BCUT2D eigenvalue weighted by Crippen LogP contribution is -2.14. The van der Waals surface area contributed by atoms with E-state index in [4.69, 9.17) is 4.74 Å². The minimum absolute atomic E-state index is 0.639. The molecule has 1 heterocycles. The van der Waals surface area contributed by atoms with Crippen LogP contribution in [0.4, 0.5) is 23.1 Å². The molecule has 2 aromatic carbocycles. The van der Waals surface area contributed by atoms with Gasteiger partial charge in [0, 0.05) is 24.5 Å². The first-order chi connectivity index (χ1) is 12.1. The molecule has 5 nitrogen and oxygen atoms in total. The van der Waals surface area contributed by atoms with E-state index in [1.807, 2.05) is 80.4 Å². The van der Waals surface area contributed by atoms with Gasteiger partial charge in [-0.1, -0.05) is 24.3 Å². The second kappa shape index (κ2) is 7.21. The number of aromatic nitrogens is 2. The third kappa shape index (κ3) is 3.88. The molecular formula is C20H22N4O. The van der Waals surface area contributed by atoms with E-state index in [0.29, 0.717) is 5.95 Å². The molecule has 1 N–H and O–H groups in total. The summed E-state index contributed by atoms with van der Waals surface area (Å²) in [5.41, 5.74) is 3.96. The van der Waals surface area contributed by atoms with Crippen LogP contribution in [0.15, 0.2) is 54.6 Å². The Morgan fingerprint density at radius 2 is 1.72 bits per heavy atom. The highest BCUT2D eigenvalue weighted by molar-refractivity contribution is 5.66. The number of benzene rings is 2. The van der Waals surface area contributed by atoms with Crippen molar-refractivity contribution in [3.05, 3.63) is 65.9 Å². The Morgan fingerprint density at radius 3 is 2.44 bits per heavy atom. The van der Waals surface area contributed by atoms with E-state index in [1.54, 1.807) is 7.11 Å². The van der Waals surface area contributed by atoms with Crippen molar-refractivity contribution in [2.45, 2.75) is 13.8 Å². The number of aryl methyl sites for hydroxylation is 2. The van der Waals surface area contributed by atoms with Gasteiger partial charge in [-0.15, -0.1) is 0 Å². The molecule has 0 aliphatic carbocycles. The molecule has 1 aromatic heterocycles. The van der Waals surface area contributed by atoms with Crippen LogP contribution < -0.4 is 15.0 Å². The highest BCUT2D eigenvalue weighted by Gasteiger charge is 2.11. The zero-order valence-corrected chi connectivity index (χ0v) is 14.9. The molecule has 0 bridgehead atoms. The molecule has 0 fully saturated rings. The van der Waals surface area contributed by atoms with Gasteiger partial charge in [-0.25, -0.2) is 4.98 Å². The summed E-state index contributed by atoms with van der Waals surface area (Å²) in [6, 6.07) is 18.0. The quantitative estimate of drug-likeness (QED) is 0.738. The van der Waals surface area contributed by atoms with Crippen LogP contribution in [-0.4, -0.2) is 24.1 Å². The SMILES string of the molecule is COc1ccc(C)cc1Nc1cc(C)nc(N(C)c2ccccc2)n1. The van der Waals surface area contributed by atoms with Crippen LogP contribution in [0.25, 0.3) is 0 Å². The molecular weight excluding hydrogens is 312 g/mol. The molecule has 0 saturated heterocycles. The summed E-state index contributed by atoms with van der Waals surface area (Å²) in [4.78, 5) is 11.2. The molecule has 0 aliphatic heterocycles. The van der Waals surface area contributed by atoms with Gasteiger partial charge in [0.1, 0.15) is 11.6 Å². The summed E-state index contributed by atoms with van der Waals surface area (Å²) in [7, 11) is 3.62. The molecule has 0 atom stereocenters. The van der Waals surface area contributed by atoms with E-state index in [9.17, 15) is 0 Å². The molecule has 0 amide bonds. The molecule has 3 rings (SSSR count). The third-order valence-corrected chi connectivity index (χ3v) is 3.90.